The second-order valence-corrected chi connectivity index (χ2v) is 11.8. The number of carbonyl (C=O) groups is 3. The summed E-state index contributed by atoms with van der Waals surface area (Å²) in [6.45, 7) is 3.56. The number of hydrogen-bond acceptors (Lipinski definition) is 12. The summed E-state index contributed by atoms with van der Waals surface area (Å²) in [6, 6.07) is 2.71. The minimum atomic E-state index is -1.47. The molecular weight excluding hydrogens is 586 g/mol. The van der Waals surface area contributed by atoms with E-state index in [2.05, 4.69) is 22.0 Å². The van der Waals surface area contributed by atoms with Gasteiger partial charge in [-0.15, -0.1) is 23.1 Å². The summed E-state index contributed by atoms with van der Waals surface area (Å²) in [5.41, 5.74) is 12.6. The summed E-state index contributed by atoms with van der Waals surface area (Å²) in [4.78, 5) is 49.6. The molecular formula is C23H20ClN7O5S3. The summed E-state index contributed by atoms with van der Waals surface area (Å²) in [7, 11) is 0. The van der Waals surface area contributed by atoms with Gasteiger partial charge in [-0.2, -0.15) is 4.57 Å². The van der Waals surface area contributed by atoms with E-state index in [-0.39, 0.29) is 40.4 Å². The fraction of sp³-hybridized carbons (Fsp3) is 0.217. The molecule has 0 bridgehead atoms. The van der Waals surface area contributed by atoms with Crippen molar-refractivity contribution in [3.8, 4) is 0 Å². The molecule has 202 valence electrons. The lowest BCUT2D eigenvalue weighted by atomic mass is 10.0. The molecule has 3 aromatic heterocycles. The van der Waals surface area contributed by atoms with Crippen molar-refractivity contribution in [3.05, 3.63) is 57.7 Å². The maximum atomic E-state index is 13.1. The molecule has 5 rings (SSSR count). The Morgan fingerprint density at radius 1 is 1.36 bits per heavy atom. The number of pyridine rings is 1. The average molecular weight is 606 g/mol. The Morgan fingerprint density at radius 3 is 2.85 bits per heavy atom. The van der Waals surface area contributed by atoms with Crippen molar-refractivity contribution in [1.82, 2.24) is 15.2 Å². The highest BCUT2D eigenvalue weighted by Gasteiger charge is 2.53. The van der Waals surface area contributed by atoms with E-state index >= 15 is 0 Å². The number of nitrogens with zero attached hydrogens (tertiary/aromatic N) is 4. The van der Waals surface area contributed by atoms with Gasteiger partial charge in [0.05, 0.1) is 27.8 Å². The van der Waals surface area contributed by atoms with E-state index in [4.69, 9.17) is 27.9 Å². The number of aromatic nitrogens is 2. The number of carbonyl (C=O) groups excluding carboxylic acids is 3. The van der Waals surface area contributed by atoms with Crippen LogP contribution in [0.3, 0.4) is 0 Å². The number of nitrogens with one attached hydrogen (secondary N) is 1. The molecule has 0 aromatic carbocycles. The Morgan fingerprint density at radius 2 is 2.15 bits per heavy atom. The lowest BCUT2D eigenvalue weighted by Crippen LogP contribution is -2.71. The molecule has 0 saturated carbocycles. The number of fused-ring (bicyclic) bond motifs is 2. The van der Waals surface area contributed by atoms with Gasteiger partial charge in [0.15, 0.2) is 30.2 Å². The number of carboxylic acids is 1. The monoisotopic (exact) mass is 605 g/mol. The first kappa shape index (κ1) is 26.9. The van der Waals surface area contributed by atoms with E-state index in [0.717, 1.165) is 26.5 Å². The van der Waals surface area contributed by atoms with Crippen LogP contribution in [0.15, 0.2) is 57.1 Å². The van der Waals surface area contributed by atoms with Crippen molar-refractivity contribution in [2.45, 2.75) is 18.0 Å². The summed E-state index contributed by atoms with van der Waals surface area (Å²) in [5, 5.41) is 22.5. The third-order valence-electron chi connectivity index (χ3n) is 5.87. The minimum absolute atomic E-state index is 0.146. The second-order valence-electron chi connectivity index (χ2n) is 8.45. The lowest BCUT2D eigenvalue weighted by molar-refractivity contribution is -0.661. The van der Waals surface area contributed by atoms with E-state index in [1.54, 1.807) is 0 Å². The number of anilines is 2. The molecule has 2 amide bonds. The molecule has 2 aliphatic heterocycles. The molecule has 1 unspecified atom stereocenters. The third-order valence-corrected chi connectivity index (χ3v) is 9.05. The molecule has 3 aromatic rings. The number of hydrogen-bond donors (Lipinski definition) is 3. The van der Waals surface area contributed by atoms with Crippen LogP contribution in [0.4, 0.5) is 10.8 Å². The smallest absolute Gasteiger partial charge is 0.276 e. The highest BCUT2D eigenvalue weighted by atomic mass is 35.5. The van der Waals surface area contributed by atoms with Gasteiger partial charge in [0, 0.05) is 28.2 Å². The van der Waals surface area contributed by atoms with Crippen molar-refractivity contribution >= 4 is 90.6 Å². The minimum Gasteiger partial charge on any atom is -0.543 e. The van der Waals surface area contributed by atoms with Crippen LogP contribution in [-0.4, -0.2) is 57.2 Å². The van der Waals surface area contributed by atoms with Gasteiger partial charge in [0.1, 0.15) is 17.1 Å². The second kappa shape index (κ2) is 10.8. The predicted octanol–water partition coefficient (Wildman–Crippen LogP) is 0.387. The number of oxime groups is 1. The van der Waals surface area contributed by atoms with E-state index < -0.39 is 29.2 Å². The molecule has 39 heavy (non-hydrogen) atoms. The number of rotatable bonds is 9. The van der Waals surface area contributed by atoms with Gasteiger partial charge in [-0.1, -0.05) is 34.7 Å². The highest BCUT2D eigenvalue weighted by Crippen LogP contribution is 2.40. The summed E-state index contributed by atoms with van der Waals surface area (Å²) >= 11 is 9.56. The first-order chi connectivity index (χ1) is 18.7. The van der Waals surface area contributed by atoms with Crippen molar-refractivity contribution in [3.63, 3.8) is 0 Å². The third kappa shape index (κ3) is 5.17. The van der Waals surface area contributed by atoms with E-state index in [0.29, 0.717) is 17.0 Å². The van der Waals surface area contributed by atoms with E-state index in [1.165, 1.54) is 28.5 Å². The van der Waals surface area contributed by atoms with Crippen molar-refractivity contribution in [1.29, 1.82) is 0 Å². The first-order valence-electron chi connectivity index (χ1n) is 11.2. The van der Waals surface area contributed by atoms with Crippen LogP contribution in [0.2, 0.25) is 0 Å². The number of thioether (sulfide) groups is 1. The first-order valence-corrected chi connectivity index (χ1v) is 14.4. The maximum Gasteiger partial charge on any atom is 0.276 e. The van der Waals surface area contributed by atoms with Crippen LogP contribution in [0.25, 0.3) is 10.2 Å². The molecule has 0 aliphatic carbocycles. The molecule has 5 heterocycles. The number of thiophene rings is 1. The molecule has 0 spiro atoms. The zero-order valence-corrected chi connectivity index (χ0v) is 23.2. The van der Waals surface area contributed by atoms with Crippen LogP contribution in [0.1, 0.15) is 5.69 Å². The van der Waals surface area contributed by atoms with Crippen LogP contribution in [-0.2, 0) is 25.8 Å². The zero-order chi connectivity index (χ0) is 27.8. The molecule has 12 nitrogen and oxygen atoms in total. The van der Waals surface area contributed by atoms with Crippen LogP contribution >= 0.6 is 46.0 Å². The highest BCUT2D eigenvalue weighted by molar-refractivity contribution is 8.00. The fourth-order valence-corrected chi connectivity index (χ4v) is 7.04. The van der Waals surface area contributed by atoms with Gasteiger partial charge < -0.3 is 31.5 Å². The molecule has 5 N–H and O–H groups in total. The van der Waals surface area contributed by atoms with Gasteiger partial charge in [-0.05, 0) is 6.07 Å². The molecule has 1 saturated heterocycles. The Labute approximate surface area is 238 Å². The number of nitrogen functional groups attached to an aromatic ring is 2. The van der Waals surface area contributed by atoms with Crippen LogP contribution in [0, 0.1) is 0 Å². The Hall–Kier alpha value is -3.66. The largest absolute Gasteiger partial charge is 0.543 e. The molecule has 0 radical (unpaired) electrons. The number of aliphatic carboxylic acids is 1. The zero-order valence-electron chi connectivity index (χ0n) is 20.0. The van der Waals surface area contributed by atoms with Crippen molar-refractivity contribution in [2.75, 3.05) is 23.8 Å². The van der Waals surface area contributed by atoms with Crippen molar-refractivity contribution < 1.29 is 28.9 Å². The van der Waals surface area contributed by atoms with E-state index in [9.17, 15) is 19.5 Å². The summed E-state index contributed by atoms with van der Waals surface area (Å²) in [6.07, 6.45) is 1.82. The summed E-state index contributed by atoms with van der Waals surface area (Å²) in [5.74, 6) is -2.50. The number of halogens is 1. The Bertz CT molecular complexity index is 1580. The Balaban J connectivity index is 1.37. The topological polar surface area (TPSA) is 180 Å². The maximum absolute atomic E-state index is 13.1. The molecule has 2 atom stereocenters. The fourth-order valence-electron chi connectivity index (χ4n) is 4.17. The quantitative estimate of drug-likeness (QED) is 0.134. The normalized spacial score (nSPS) is 19.1. The van der Waals surface area contributed by atoms with Gasteiger partial charge in [0.25, 0.3) is 16.6 Å². The molecule has 16 heteroatoms. The molecule has 1 fully saturated rings. The lowest BCUT2D eigenvalue weighted by Gasteiger charge is -2.50. The summed E-state index contributed by atoms with van der Waals surface area (Å²) < 4.78 is 1.89. The predicted molar refractivity (Wildman–Crippen MR) is 147 cm³/mol. The number of amides is 2. The van der Waals surface area contributed by atoms with Gasteiger partial charge in [0.2, 0.25) is 0 Å². The van der Waals surface area contributed by atoms with E-state index in [1.807, 2.05) is 28.3 Å². The van der Waals surface area contributed by atoms with Crippen LogP contribution in [0.5, 0.6) is 0 Å². The van der Waals surface area contributed by atoms with Gasteiger partial charge in [-0.3, -0.25) is 14.5 Å². The number of β-lactam (4-membered cyclic amide) rings is 1. The average Bonchev–Trinajstić information content (AvgIpc) is 3.50. The Kier molecular flexibility index (Phi) is 7.48. The van der Waals surface area contributed by atoms with Gasteiger partial charge >= 0.3 is 0 Å². The number of thiazole rings is 1. The standard InChI is InChI=1S/C23H20ClN7O5S3/c1-10(24)6-36-29-15(14-9-39-23(26)27-14)18(32)28-16-19(33)31-17(22(34)35)11(7-37-21(16)31)5-30-4-2-3-12-13(25)8-38-20(12)30/h2-4,8-9,16,21H,1,5-7,25H2,(H3-,26,27,28,32,34,35)/b29-15-/t16?,21-/m1/s1. The van der Waals surface area contributed by atoms with Crippen molar-refractivity contribution in [2.24, 2.45) is 5.16 Å². The van der Waals surface area contributed by atoms with Crippen LogP contribution < -0.4 is 26.5 Å². The number of nitrogens with two attached hydrogens (primary N) is 2. The SMILES string of the molecule is C=C(Cl)CO/N=C(\C(=O)NC1C(=O)N2C(C(=O)[O-])=C(C[n+]3cccc4c(N)csc43)CS[C@H]12)c1csc(N)n1. The van der Waals surface area contributed by atoms with Gasteiger partial charge in [-0.25, -0.2) is 4.98 Å². The molecule has 2 aliphatic rings. The number of carboxylic acid groups (broad SMARTS) is 1.